The molecule has 3 N–H and O–H groups in total. The molecule has 1 aliphatic carbocycles. The van der Waals surface area contributed by atoms with Crippen molar-refractivity contribution in [3.63, 3.8) is 0 Å². The Hall–Kier alpha value is -1.58. The number of nitrogens with one attached hydrogen (secondary N) is 1. The van der Waals surface area contributed by atoms with E-state index in [9.17, 15) is 4.79 Å². The molecule has 0 aromatic rings. The maximum atomic E-state index is 10.4. The number of hydrazone groups is 1. The predicted molar refractivity (Wildman–Crippen MR) is 61.4 cm³/mol. The Morgan fingerprint density at radius 3 is 3.07 bits per heavy atom. The van der Waals surface area contributed by atoms with E-state index < -0.39 is 6.03 Å². The van der Waals surface area contributed by atoms with Crippen LogP contribution in [0.4, 0.5) is 4.79 Å². The molecule has 0 heterocycles. The topological polar surface area (TPSA) is 67.5 Å². The van der Waals surface area contributed by atoms with E-state index in [0.29, 0.717) is 0 Å². The highest BCUT2D eigenvalue weighted by atomic mass is 16.2. The van der Waals surface area contributed by atoms with E-state index in [1.165, 1.54) is 0 Å². The van der Waals surface area contributed by atoms with Crippen LogP contribution in [0, 0.1) is 5.41 Å². The molecule has 15 heavy (non-hydrogen) atoms. The number of primary amides is 1. The third-order valence-corrected chi connectivity index (χ3v) is 2.55. The average Bonchev–Trinajstić information content (AvgIpc) is 2.17. The Balaban J connectivity index is 2.61. The smallest absolute Gasteiger partial charge is 0.332 e. The van der Waals surface area contributed by atoms with Crippen LogP contribution in [0.1, 0.15) is 26.2 Å². The summed E-state index contributed by atoms with van der Waals surface area (Å²) < 4.78 is 0. The zero-order valence-corrected chi connectivity index (χ0v) is 8.99. The molecule has 0 aromatic carbocycles. The Morgan fingerprint density at radius 2 is 2.60 bits per heavy atom. The summed E-state index contributed by atoms with van der Waals surface area (Å²) in [7, 11) is 0. The summed E-state index contributed by atoms with van der Waals surface area (Å²) in [5, 5.41) is 3.89. The van der Waals surface area contributed by atoms with E-state index >= 15 is 0 Å². The maximum absolute atomic E-state index is 10.4. The van der Waals surface area contributed by atoms with Crippen molar-refractivity contribution >= 4 is 11.7 Å². The van der Waals surface area contributed by atoms with E-state index in [2.05, 4.69) is 30.1 Å². The first-order valence-corrected chi connectivity index (χ1v) is 4.98. The standard InChI is InChI=1S/C11H17N3O/c1-3-6-11(2)7-4-9(5-8-11)13-14-10(12)15/h3-4,7H,1,5-6,8H2,2H3,(H3,12,14,15). The summed E-state index contributed by atoms with van der Waals surface area (Å²) in [6, 6.07) is -0.629. The monoisotopic (exact) mass is 207 g/mol. The third kappa shape index (κ3) is 3.58. The van der Waals surface area contributed by atoms with Crippen molar-refractivity contribution < 1.29 is 4.79 Å². The number of rotatable bonds is 3. The van der Waals surface area contributed by atoms with Crippen molar-refractivity contribution in [2.75, 3.05) is 0 Å². The van der Waals surface area contributed by atoms with E-state index in [0.717, 1.165) is 25.0 Å². The second-order valence-corrected chi connectivity index (χ2v) is 4.06. The van der Waals surface area contributed by atoms with Crippen molar-refractivity contribution in [1.29, 1.82) is 0 Å². The largest absolute Gasteiger partial charge is 0.350 e. The Morgan fingerprint density at radius 1 is 1.87 bits per heavy atom. The summed E-state index contributed by atoms with van der Waals surface area (Å²) in [4.78, 5) is 10.4. The molecule has 2 amide bonds. The van der Waals surface area contributed by atoms with E-state index in [1.54, 1.807) is 0 Å². The molecule has 4 nitrogen and oxygen atoms in total. The number of nitrogens with zero attached hydrogens (tertiary/aromatic N) is 1. The highest BCUT2D eigenvalue weighted by Crippen LogP contribution is 2.33. The summed E-state index contributed by atoms with van der Waals surface area (Å²) >= 11 is 0. The molecular weight excluding hydrogens is 190 g/mol. The van der Waals surface area contributed by atoms with Gasteiger partial charge in [-0.2, -0.15) is 5.10 Å². The second-order valence-electron chi connectivity index (χ2n) is 4.06. The van der Waals surface area contributed by atoms with Gasteiger partial charge in [0, 0.05) is 0 Å². The predicted octanol–water partition coefficient (Wildman–Crippen LogP) is 1.94. The fourth-order valence-corrected chi connectivity index (χ4v) is 1.60. The van der Waals surface area contributed by atoms with Crippen LogP contribution in [0.15, 0.2) is 29.9 Å². The van der Waals surface area contributed by atoms with Gasteiger partial charge >= 0.3 is 6.03 Å². The van der Waals surface area contributed by atoms with Gasteiger partial charge in [0.1, 0.15) is 0 Å². The molecule has 0 aromatic heterocycles. The van der Waals surface area contributed by atoms with Crippen LogP contribution < -0.4 is 11.2 Å². The van der Waals surface area contributed by atoms with Gasteiger partial charge in [-0.15, -0.1) is 6.58 Å². The van der Waals surface area contributed by atoms with Crippen molar-refractivity contribution in [2.24, 2.45) is 16.3 Å². The van der Waals surface area contributed by atoms with Crippen LogP contribution in [0.25, 0.3) is 0 Å². The van der Waals surface area contributed by atoms with Gasteiger partial charge in [-0.05, 0) is 30.8 Å². The first-order chi connectivity index (χ1) is 7.06. The normalized spacial score (nSPS) is 27.7. The van der Waals surface area contributed by atoms with Gasteiger partial charge in [0.15, 0.2) is 0 Å². The van der Waals surface area contributed by atoms with Crippen LogP contribution >= 0.6 is 0 Å². The van der Waals surface area contributed by atoms with Gasteiger partial charge in [-0.25, -0.2) is 10.2 Å². The van der Waals surface area contributed by atoms with Crippen molar-refractivity contribution in [3.05, 3.63) is 24.8 Å². The number of hydrogen-bond donors (Lipinski definition) is 2. The fraction of sp³-hybridized carbons (Fsp3) is 0.455. The van der Waals surface area contributed by atoms with Crippen LogP contribution in [0.5, 0.6) is 0 Å². The minimum Gasteiger partial charge on any atom is -0.350 e. The highest BCUT2D eigenvalue weighted by molar-refractivity contribution is 5.96. The SMILES string of the molecule is C=CCC1(C)C=CC(=NNC(N)=O)CC1. The molecule has 0 bridgehead atoms. The van der Waals surface area contributed by atoms with Gasteiger partial charge < -0.3 is 5.73 Å². The Labute approximate surface area is 89.9 Å². The lowest BCUT2D eigenvalue weighted by atomic mass is 9.78. The molecule has 0 radical (unpaired) electrons. The molecule has 1 unspecified atom stereocenters. The molecule has 0 aliphatic heterocycles. The zero-order valence-electron chi connectivity index (χ0n) is 8.99. The molecule has 1 aliphatic rings. The molecule has 4 heteroatoms. The van der Waals surface area contributed by atoms with Gasteiger partial charge in [-0.1, -0.05) is 19.1 Å². The second kappa shape index (κ2) is 4.77. The molecular formula is C11H17N3O. The Kier molecular flexibility index (Phi) is 3.66. The molecule has 1 rings (SSSR count). The summed E-state index contributed by atoms with van der Waals surface area (Å²) in [6.45, 7) is 5.92. The summed E-state index contributed by atoms with van der Waals surface area (Å²) in [6.07, 6.45) is 8.78. The summed E-state index contributed by atoms with van der Waals surface area (Å²) in [5.41, 5.74) is 8.18. The number of hydrogen-bond acceptors (Lipinski definition) is 2. The molecule has 0 spiro atoms. The first kappa shape index (κ1) is 11.5. The number of allylic oxidation sites excluding steroid dienone is 3. The molecule has 82 valence electrons. The lowest BCUT2D eigenvalue weighted by molar-refractivity contribution is 0.249. The lowest BCUT2D eigenvalue weighted by Crippen LogP contribution is -2.27. The molecule has 0 saturated carbocycles. The molecule has 0 saturated heterocycles. The molecule has 0 fully saturated rings. The number of urea groups is 1. The maximum Gasteiger partial charge on any atom is 0.332 e. The van der Waals surface area contributed by atoms with Crippen LogP contribution in [0.2, 0.25) is 0 Å². The minimum absolute atomic E-state index is 0.174. The number of amides is 2. The average molecular weight is 207 g/mol. The van der Waals surface area contributed by atoms with Gasteiger partial charge in [-0.3, -0.25) is 0 Å². The Bertz CT molecular complexity index is 320. The van der Waals surface area contributed by atoms with Crippen LogP contribution in [-0.4, -0.2) is 11.7 Å². The van der Waals surface area contributed by atoms with Gasteiger partial charge in [0.25, 0.3) is 0 Å². The minimum atomic E-state index is -0.629. The number of carbonyl (C=O) groups excluding carboxylic acids is 1. The first-order valence-electron chi connectivity index (χ1n) is 4.98. The van der Waals surface area contributed by atoms with Crippen LogP contribution in [-0.2, 0) is 0 Å². The quantitative estimate of drug-likeness (QED) is 0.539. The van der Waals surface area contributed by atoms with Gasteiger partial charge in [0.2, 0.25) is 0 Å². The lowest BCUT2D eigenvalue weighted by Gasteiger charge is -2.27. The fourth-order valence-electron chi connectivity index (χ4n) is 1.60. The van der Waals surface area contributed by atoms with Crippen molar-refractivity contribution in [3.8, 4) is 0 Å². The zero-order chi connectivity index (χ0) is 11.3. The third-order valence-electron chi connectivity index (χ3n) is 2.55. The molecule has 1 atom stereocenters. The van der Waals surface area contributed by atoms with Crippen molar-refractivity contribution in [2.45, 2.75) is 26.2 Å². The summed E-state index contributed by atoms with van der Waals surface area (Å²) in [5.74, 6) is 0. The van der Waals surface area contributed by atoms with E-state index in [1.807, 2.05) is 12.2 Å². The number of nitrogens with two attached hydrogens (primary N) is 1. The van der Waals surface area contributed by atoms with Crippen molar-refractivity contribution in [1.82, 2.24) is 5.43 Å². The highest BCUT2D eigenvalue weighted by Gasteiger charge is 2.23. The van der Waals surface area contributed by atoms with E-state index in [-0.39, 0.29) is 5.41 Å². The van der Waals surface area contributed by atoms with Gasteiger partial charge in [0.05, 0.1) is 5.71 Å². The van der Waals surface area contributed by atoms with Crippen LogP contribution in [0.3, 0.4) is 0 Å². The van der Waals surface area contributed by atoms with E-state index in [4.69, 9.17) is 5.73 Å². The number of carbonyl (C=O) groups is 1.